The lowest BCUT2D eigenvalue weighted by molar-refractivity contribution is -0.136. The van der Waals surface area contributed by atoms with Gasteiger partial charge in [0.25, 0.3) is 5.91 Å². The first kappa shape index (κ1) is 20.3. The highest BCUT2D eigenvalue weighted by Crippen LogP contribution is 2.24. The third kappa shape index (κ3) is 4.21. The van der Waals surface area contributed by atoms with Gasteiger partial charge >= 0.3 is 0 Å². The first-order valence-corrected chi connectivity index (χ1v) is 9.89. The van der Waals surface area contributed by atoms with Crippen LogP contribution in [0.4, 0.5) is 0 Å². The lowest BCUT2D eigenvalue weighted by Gasteiger charge is -2.31. The summed E-state index contributed by atoms with van der Waals surface area (Å²) in [6, 6.07) is 10.6. The van der Waals surface area contributed by atoms with Crippen molar-refractivity contribution < 1.29 is 23.5 Å². The van der Waals surface area contributed by atoms with E-state index in [1.807, 2.05) is 25.1 Å². The Morgan fingerprint density at radius 3 is 2.42 bits per heavy atom. The monoisotopic (exact) mass is 380 g/mol. The van der Waals surface area contributed by atoms with E-state index in [2.05, 4.69) is 0 Å². The van der Waals surface area contributed by atoms with Crippen molar-refractivity contribution in [2.45, 2.75) is 43.7 Å². The van der Waals surface area contributed by atoms with Gasteiger partial charge in [0, 0.05) is 6.54 Å². The van der Waals surface area contributed by atoms with E-state index >= 15 is 0 Å². The SMILES string of the molecule is CCCCN(C(C(=O)NO)[C@@H](C)O)S(=O)(=O)c1ccc2ccccc2c1. The van der Waals surface area contributed by atoms with Gasteiger partial charge in [-0.2, -0.15) is 4.31 Å². The van der Waals surface area contributed by atoms with Gasteiger partial charge in [-0.15, -0.1) is 0 Å². The van der Waals surface area contributed by atoms with Crippen molar-refractivity contribution in [1.29, 1.82) is 0 Å². The van der Waals surface area contributed by atoms with Crippen LogP contribution >= 0.6 is 0 Å². The number of amides is 1. The van der Waals surface area contributed by atoms with Crippen molar-refractivity contribution >= 4 is 26.7 Å². The molecular weight excluding hydrogens is 356 g/mol. The highest BCUT2D eigenvalue weighted by atomic mass is 32.2. The zero-order valence-electron chi connectivity index (χ0n) is 14.8. The molecule has 1 amide bonds. The number of fused-ring (bicyclic) bond motifs is 1. The number of hydrogen-bond acceptors (Lipinski definition) is 5. The number of carbonyl (C=O) groups is 1. The summed E-state index contributed by atoms with van der Waals surface area (Å²) in [7, 11) is -4.06. The Kier molecular flexibility index (Phi) is 6.71. The van der Waals surface area contributed by atoms with E-state index in [-0.39, 0.29) is 11.4 Å². The fourth-order valence-electron chi connectivity index (χ4n) is 2.84. The molecule has 3 N–H and O–H groups in total. The van der Waals surface area contributed by atoms with E-state index in [0.717, 1.165) is 15.1 Å². The minimum atomic E-state index is -4.06. The summed E-state index contributed by atoms with van der Waals surface area (Å²) < 4.78 is 27.4. The molecule has 1 unspecified atom stereocenters. The highest BCUT2D eigenvalue weighted by Gasteiger charge is 2.38. The Morgan fingerprint density at radius 2 is 1.85 bits per heavy atom. The maximum absolute atomic E-state index is 13.2. The van der Waals surface area contributed by atoms with Gasteiger partial charge in [0.1, 0.15) is 6.04 Å². The Labute approximate surface area is 153 Å². The Balaban J connectivity index is 2.54. The number of sulfonamides is 1. The fourth-order valence-corrected chi connectivity index (χ4v) is 4.57. The first-order chi connectivity index (χ1) is 12.3. The van der Waals surface area contributed by atoms with Crippen LogP contribution in [-0.4, -0.2) is 47.6 Å². The summed E-state index contributed by atoms with van der Waals surface area (Å²) in [5.41, 5.74) is 1.45. The Bertz CT molecular complexity index is 867. The molecule has 0 saturated heterocycles. The maximum atomic E-state index is 13.2. The van der Waals surface area contributed by atoms with Crippen LogP contribution in [0.5, 0.6) is 0 Å². The molecule has 142 valence electrons. The smallest absolute Gasteiger partial charge is 0.264 e. The zero-order valence-corrected chi connectivity index (χ0v) is 15.6. The van der Waals surface area contributed by atoms with Gasteiger partial charge in [-0.25, -0.2) is 13.9 Å². The van der Waals surface area contributed by atoms with Crippen molar-refractivity contribution in [3.05, 3.63) is 42.5 Å². The van der Waals surface area contributed by atoms with Crippen molar-refractivity contribution in [1.82, 2.24) is 9.79 Å². The number of hydroxylamine groups is 1. The first-order valence-electron chi connectivity index (χ1n) is 8.45. The summed E-state index contributed by atoms with van der Waals surface area (Å²) in [6.07, 6.45) is -0.0830. The normalized spacial score (nSPS) is 14.3. The number of nitrogens with zero attached hydrogens (tertiary/aromatic N) is 1. The van der Waals surface area contributed by atoms with Gasteiger partial charge in [-0.1, -0.05) is 43.7 Å². The van der Waals surface area contributed by atoms with E-state index in [4.69, 9.17) is 5.21 Å². The van der Waals surface area contributed by atoms with Crippen LogP contribution in [0.1, 0.15) is 26.7 Å². The van der Waals surface area contributed by atoms with Gasteiger partial charge in [-0.05, 0) is 36.2 Å². The summed E-state index contributed by atoms with van der Waals surface area (Å²) in [5, 5.41) is 20.6. The fraction of sp³-hybridized carbons (Fsp3) is 0.389. The van der Waals surface area contributed by atoms with E-state index in [1.54, 1.807) is 18.2 Å². The van der Waals surface area contributed by atoms with E-state index < -0.39 is 28.1 Å². The van der Waals surface area contributed by atoms with Crippen LogP contribution in [0.15, 0.2) is 47.4 Å². The summed E-state index contributed by atoms with van der Waals surface area (Å²) in [4.78, 5) is 12.1. The van der Waals surface area contributed by atoms with Gasteiger partial charge in [-0.3, -0.25) is 10.0 Å². The molecule has 8 heteroatoms. The van der Waals surface area contributed by atoms with Crippen LogP contribution in [-0.2, 0) is 14.8 Å². The average Bonchev–Trinajstić information content (AvgIpc) is 2.63. The molecule has 0 bridgehead atoms. The van der Waals surface area contributed by atoms with Crippen LogP contribution in [0.25, 0.3) is 10.8 Å². The molecule has 26 heavy (non-hydrogen) atoms. The third-order valence-corrected chi connectivity index (χ3v) is 6.08. The largest absolute Gasteiger partial charge is 0.391 e. The van der Waals surface area contributed by atoms with E-state index in [1.165, 1.54) is 18.5 Å². The number of hydrogen-bond donors (Lipinski definition) is 3. The number of nitrogens with one attached hydrogen (secondary N) is 1. The minimum Gasteiger partial charge on any atom is -0.391 e. The molecule has 0 aliphatic carbocycles. The standard InChI is InChI=1S/C18H24N2O5S/c1-3-4-11-20(17(13(2)21)18(22)19-23)26(24,25)16-10-9-14-7-5-6-8-15(14)12-16/h5-10,12-13,17,21,23H,3-4,11H2,1-2H3,(H,19,22)/t13-,17?/m1/s1. The predicted molar refractivity (Wildman–Crippen MR) is 98.1 cm³/mol. The molecule has 2 aromatic carbocycles. The molecule has 2 rings (SSSR count). The maximum Gasteiger partial charge on any atom is 0.264 e. The molecule has 0 heterocycles. The van der Waals surface area contributed by atoms with Crippen LogP contribution in [0, 0.1) is 0 Å². The lowest BCUT2D eigenvalue weighted by Crippen LogP contribution is -2.54. The number of benzene rings is 2. The molecule has 0 aromatic heterocycles. The summed E-state index contributed by atoms with van der Waals surface area (Å²) >= 11 is 0. The molecule has 0 spiro atoms. The summed E-state index contributed by atoms with van der Waals surface area (Å²) in [6.45, 7) is 3.26. The topological polar surface area (TPSA) is 107 Å². The third-order valence-electron chi connectivity index (χ3n) is 4.21. The van der Waals surface area contributed by atoms with Crippen molar-refractivity contribution in [3.63, 3.8) is 0 Å². The van der Waals surface area contributed by atoms with Gasteiger partial charge in [0.15, 0.2) is 0 Å². The van der Waals surface area contributed by atoms with Gasteiger partial charge < -0.3 is 5.11 Å². The second-order valence-electron chi connectivity index (χ2n) is 6.14. The number of carbonyl (C=O) groups excluding carboxylic acids is 1. The lowest BCUT2D eigenvalue weighted by atomic mass is 10.1. The van der Waals surface area contributed by atoms with E-state index in [0.29, 0.717) is 12.8 Å². The summed E-state index contributed by atoms with van der Waals surface area (Å²) in [5.74, 6) is -0.972. The molecule has 2 aromatic rings. The second-order valence-corrected chi connectivity index (χ2v) is 8.03. The number of rotatable bonds is 8. The zero-order chi connectivity index (χ0) is 19.3. The molecule has 0 saturated carbocycles. The molecule has 2 atom stereocenters. The van der Waals surface area contributed by atoms with Crippen LogP contribution in [0.2, 0.25) is 0 Å². The average molecular weight is 380 g/mol. The van der Waals surface area contributed by atoms with E-state index in [9.17, 15) is 18.3 Å². The number of aliphatic hydroxyl groups excluding tert-OH is 1. The molecule has 0 aliphatic heterocycles. The molecule has 0 fully saturated rings. The Morgan fingerprint density at radius 1 is 1.19 bits per heavy atom. The molecule has 0 aliphatic rings. The predicted octanol–water partition coefficient (Wildman–Crippen LogP) is 1.89. The molecule has 7 nitrogen and oxygen atoms in total. The number of unbranched alkanes of at least 4 members (excludes halogenated alkanes) is 1. The van der Waals surface area contributed by atoms with Crippen molar-refractivity contribution in [3.8, 4) is 0 Å². The molecule has 0 radical (unpaired) electrons. The van der Waals surface area contributed by atoms with Crippen molar-refractivity contribution in [2.24, 2.45) is 0 Å². The second kappa shape index (κ2) is 8.59. The Hall–Kier alpha value is -2.00. The van der Waals surface area contributed by atoms with Crippen LogP contribution < -0.4 is 5.48 Å². The number of aliphatic hydroxyl groups is 1. The minimum absolute atomic E-state index is 0.0312. The van der Waals surface area contributed by atoms with Gasteiger partial charge in [0.05, 0.1) is 11.0 Å². The van der Waals surface area contributed by atoms with Crippen LogP contribution in [0.3, 0.4) is 0 Å². The highest BCUT2D eigenvalue weighted by molar-refractivity contribution is 7.89. The molecular formula is C18H24N2O5S. The van der Waals surface area contributed by atoms with Crippen molar-refractivity contribution in [2.75, 3.05) is 6.54 Å². The quantitative estimate of drug-likeness (QED) is 0.479. The van der Waals surface area contributed by atoms with Gasteiger partial charge in [0.2, 0.25) is 10.0 Å².